The number of anilines is 1. The van der Waals surface area contributed by atoms with Crippen LogP contribution in [0.2, 0.25) is 5.02 Å². The van der Waals surface area contributed by atoms with Crippen molar-refractivity contribution in [3.63, 3.8) is 0 Å². The molecule has 0 atom stereocenters. The van der Waals surface area contributed by atoms with Crippen molar-refractivity contribution in [2.45, 2.75) is 11.1 Å². The molecule has 0 fully saturated rings. The number of nitriles is 1. The highest BCUT2D eigenvalue weighted by atomic mass is 35.5. The van der Waals surface area contributed by atoms with Gasteiger partial charge in [-0.3, -0.25) is 9.10 Å². The van der Waals surface area contributed by atoms with Gasteiger partial charge in [-0.05, 0) is 60.2 Å². The highest BCUT2D eigenvalue weighted by Crippen LogP contribution is 2.37. The van der Waals surface area contributed by atoms with E-state index in [1.807, 2.05) is 6.07 Å². The first-order chi connectivity index (χ1) is 17.5. The molecule has 0 aliphatic heterocycles. The van der Waals surface area contributed by atoms with Gasteiger partial charge in [0.25, 0.3) is 15.9 Å². The van der Waals surface area contributed by atoms with Crippen LogP contribution in [-0.2, 0) is 21.0 Å². The number of sulfonamides is 1. The number of carbonyl (C=O) groups is 1. The Labute approximate surface area is 215 Å². The lowest BCUT2D eigenvalue weighted by Crippen LogP contribution is -2.40. The van der Waals surface area contributed by atoms with E-state index in [4.69, 9.17) is 21.6 Å². The van der Waals surface area contributed by atoms with E-state index >= 15 is 0 Å². The molecule has 0 saturated carbocycles. The number of rotatable bonds is 9. The van der Waals surface area contributed by atoms with Crippen molar-refractivity contribution in [1.29, 1.82) is 5.26 Å². The van der Waals surface area contributed by atoms with Crippen LogP contribution < -0.4 is 14.5 Å². The molecule has 0 saturated heterocycles. The lowest BCUT2D eigenvalue weighted by Gasteiger charge is -2.25. The smallest absolute Gasteiger partial charge is 0.416 e. The summed E-state index contributed by atoms with van der Waals surface area (Å²) in [6.45, 7) is -1.03. The summed E-state index contributed by atoms with van der Waals surface area (Å²) in [5, 5.41) is 12.0. The molecule has 1 N–H and O–H groups in total. The Bertz CT molecular complexity index is 1430. The van der Waals surface area contributed by atoms with Crippen molar-refractivity contribution in [1.82, 2.24) is 5.43 Å². The van der Waals surface area contributed by atoms with Crippen LogP contribution in [0.1, 0.15) is 11.1 Å². The van der Waals surface area contributed by atoms with Crippen LogP contribution in [0.4, 0.5) is 18.9 Å². The van der Waals surface area contributed by atoms with Gasteiger partial charge in [-0.2, -0.15) is 23.5 Å². The molecule has 8 nitrogen and oxygen atoms in total. The lowest BCUT2D eigenvalue weighted by atomic mass is 10.2. The predicted molar refractivity (Wildman–Crippen MR) is 131 cm³/mol. The van der Waals surface area contributed by atoms with E-state index in [2.05, 4.69) is 10.5 Å². The molecule has 3 aromatic rings. The van der Waals surface area contributed by atoms with Crippen LogP contribution in [0.5, 0.6) is 5.75 Å². The maximum Gasteiger partial charge on any atom is 0.416 e. The number of benzene rings is 3. The fourth-order valence-electron chi connectivity index (χ4n) is 3.01. The average molecular weight is 551 g/mol. The fourth-order valence-corrected chi connectivity index (χ4v) is 4.73. The number of hydrogen-bond donors (Lipinski definition) is 1. The molecule has 192 valence electrons. The Hall–Kier alpha value is -4.08. The number of amides is 1. The number of carbonyl (C=O) groups excluding carboxylic acids is 1. The number of ether oxygens (including phenoxy) is 1. The quantitative estimate of drug-likeness (QED) is 0.309. The number of nitrogens with one attached hydrogen (secondary N) is 1. The minimum Gasteiger partial charge on any atom is -0.479 e. The zero-order valence-corrected chi connectivity index (χ0v) is 20.4. The molecule has 0 aliphatic rings. The molecule has 0 radical (unpaired) electrons. The van der Waals surface area contributed by atoms with Crippen molar-refractivity contribution in [3.8, 4) is 11.8 Å². The molecule has 3 aromatic carbocycles. The number of halogens is 4. The Morgan fingerprint density at radius 2 is 1.78 bits per heavy atom. The second kappa shape index (κ2) is 11.8. The van der Waals surface area contributed by atoms with Gasteiger partial charge in [0, 0.05) is 0 Å². The van der Waals surface area contributed by atoms with Crippen LogP contribution >= 0.6 is 11.6 Å². The number of nitrogens with zero attached hydrogens (tertiary/aromatic N) is 3. The van der Waals surface area contributed by atoms with Crippen molar-refractivity contribution in [3.05, 3.63) is 88.9 Å². The summed E-state index contributed by atoms with van der Waals surface area (Å²) in [5.41, 5.74) is 1.03. The van der Waals surface area contributed by atoms with Gasteiger partial charge in [-0.15, -0.1) is 0 Å². The molecule has 0 heterocycles. The summed E-state index contributed by atoms with van der Waals surface area (Å²) in [6.07, 6.45) is -3.51. The van der Waals surface area contributed by atoms with Crippen LogP contribution in [0.15, 0.2) is 82.8 Å². The molecule has 1 amide bonds. The molecule has 0 aliphatic carbocycles. The summed E-state index contributed by atoms with van der Waals surface area (Å²) in [5.74, 6) is -0.485. The van der Waals surface area contributed by atoms with Crippen LogP contribution in [0.3, 0.4) is 0 Å². The average Bonchev–Trinajstić information content (AvgIpc) is 2.87. The second-order valence-electron chi connectivity index (χ2n) is 7.30. The second-order valence-corrected chi connectivity index (χ2v) is 9.57. The highest BCUT2D eigenvalue weighted by molar-refractivity contribution is 7.92. The zero-order chi connectivity index (χ0) is 27.1. The molecule has 0 aromatic heterocycles. The van der Waals surface area contributed by atoms with E-state index in [9.17, 15) is 26.4 Å². The number of hydrazone groups is 1. The Balaban J connectivity index is 1.86. The van der Waals surface area contributed by atoms with Crippen LogP contribution in [0.25, 0.3) is 0 Å². The molecular weight excluding hydrogens is 533 g/mol. The highest BCUT2D eigenvalue weighted by Gasteiger charge is 2.34. The zero-order valence-electron chi connectivity index (χ0n) is 18.8. The van der Waals surface area contributed by atoms with E-state index in [1.54, 1.807) is 30.3 Å². The van der Waals surface area contributed by atoms with Crippen LogP contribution in [0, 0.1) is 11.3 Å². The molecule has 3 rings (SSSR count). The Kier molecular flexibility index (Phi) is 8.75. The fraction of sp³-hybridized carbons (Fsp3) is 0.125. The van der Waals surface area contributed by atoms with Gasteiger partial charge >= 0.3 is 6.18 Å². The molecule has 0 unspecified atom stereocenters. The third-order valence-corrected chi connectivity index (χ3v) is 6.84. The topological polar surface area (TPSA) is 112 Å². The molecule has 13 heteroatoms. The van der Waals surface area contributed by atoms with E-state index in [0.29, 0.717) is 27.8 Å². The minimum atomic E-state index is -4.77. The first kappa shape index (κ1) is 27.5. The summed E-state index contributed by atoms with van der Waals surface area (Å²) in [6, 6.07) is 17.3. The number of hydrogen-bond acceptors (Lipinski definition) is 6. The van der Waals surface area contributed by atoms with Gasteiger partial charge in [0.1, 0.15) is 18.4 Å². The Morgan fingerprint density at radius 1 is 1.11 bits per heavy atom. The maximum atomic E-state index is 13.3. The van der Waals surface area contributed by atoms with Crippen molar-refractivity contribution in [2.24, 2.45) is 5.10 Å². The lowest BCUT2D eigenvalue weighted by molar-refractivity contribution is -0.137. The summed E-state index contributed by atoms with van der Waals surface area (Å²) in [7, 11) is -4.49. The third-order valence-electron chi connectivity index (χ3n) is 4.75. The van der Waals surface area contributed by atoms with Crippen LogP contribution in [-0.4, -0.2) is 33.7 Å². The first-order valence-corrected chi connectivity index (χ1v) is 12.2. The molecule has 37 heavy (non-hydrogen) atoms. The van der Waals surface area contributed by atoms with Gasteiger partial charge in [0.15, 0.2) is 6.61 Å². The van der Waals surface area contributed by atoms with Crippen molar-refractivity contribution in [2.75, 3.05) is 17.5 Å². The largest absolute Gasteiger partial charge is 0.479 e. The van der Waals surface area contributed by atoms with Gasteiger partial charge in [0.2, 0.25) is 0 Å². The van der Waals surface area contributed by atoms with E-state index in [-0.39, 0.29) is 16.5 Å². The van der Waals surface area contributed by atoms with E-state index in [0.717, 1.165) is 6.07 Å². The van der Waals surface area contributed by atoms with Gasteiger partial charge in [-0.25, -0.2) is 13.8 Å². The van der Waals surface area contributed by atoms with Gasteiger partial charge < -0.3 is 4.74 Å². The van der Waals surface area contributed by atoms with Crippen molar-refractivity contribution < 1.29 is 31.1 Å². The molecular formula is C24H18ClF3N4O4S. The monoisotopic (exact) mass is 550 g/mol. The van der Waals surface area contributed by atoms with Gasteiger partial charge in [-0.1, -0.05) is 29.8 Å². The predicted octanol–water partition coefficient (Wildman–Crippen LogP) is 4.61. The van der Waals surface area contributed by atoms with Crippen molar-refractivity contribution >= 4 is 39.4 Å². The SMILES string of the molecule is N#CCOc1ccc(/C=N/NC(=O)CN(c2cc(C(F)(F)F)ccc2Cl)S(=O)(=O)c2ccccc2)cc1. The van der Waals surface area contributed by atoms with Gasteiger partial charge in [0.05, 0.1) is 27.4 Å². The van der Waals surface area contributed by atoms with E-state index < -0.39 is 39.9 Å². The standard InChI is InChI=1S/C24H18ClF3N4O4S/c25-21-11-8-18(24(26,27)28)14-22(21)32(37(34,35)20-4-2-1-3-5-20)16-23(33)31-30-15-17-6-9-19(10-7-17)36-13-12-29/h1-11,14-15H,13,16H2,(H,31,33)/b30-15+. The minimum absolute atomic E-state index is 0.123. The Morgan fingerprint density at radius 3 is 2.41 bits per heavy atom. The molecule has 0 bridgehead atoms. The normalized spacial score (nSPS) is 11.6. The van der Waals surface area contributed by atoms with E-state index in [1.165, 1.54) is 30.5 Å². The summed E-state index contributed by atoms with van der Waals surface area (Å²) in [4.78, 5) is 12.4. The first-order valence-electron chi connectivity index (χ1n) is 10.4. The summed E-state index contributed by atoms with van der Waals surface area (Å²) >= 11 is 6.08. The summed E-state index contributed by atoms with van der Waals surface area (Å²) < 4.78 is 72.2. The third kappa shape index (κ3) is 7.22. The number of alkyl halides is 3. The molecule has 0 spiro atoms. The maximum absolute atomic E-state index is 13.3.